The van der Waals surface area contributed by atoms with E-state index in [0.29, 0.717) is 5.69 Å². The van der Waals surface area contributed by atoms with Gasteiger partial charge in [-0.15, -0.1) is 0 Å². The maximum absolute atomic E-state index is 11.5. The fourth-order valence-electron chi connectivity index (χ4n) is 1.31. The van der Waals surface area contributed by atoms with Crippen molar-refractivity contribution >= 4 is 35.8 Å². The smallest absolute Gasteiger partial charge is 0.318 e. The molecule has 22 heavy (non-hydrogen) atoms. The summed E-state index contributed by atoms with van der Waals surface area (Å²) in [6, 6.07) is 0. The molecule has 0 atom stereocenters. The summed E-state index contributed by atoms with van der Waals surface area (Å²) in [6.45, 7) is 0. The normalized spacial score (nSPS) is 10.0. The van der Waals surface area contributed by atoms with Crippen LogP contribution in [-0.4, -0.2) is 44.6 Å². The molecular formula is C12H15N3O6S. The van der Waals surface area contributed by atoms with E-state index in [0.717, 1.165) is 12.0 Å². The third kappa shape index (κ3) is 8.04. The lowest BCUT2D eigenvalue weighted by Crippen LogP contribution is -2.32. The highest BCUT2D eigenvalue weighted by Gasteiger charge is 2.11. The van der Waals surface area contributed by atoms with Gasteiger partial charge in [-0.1, -0.05) is 0 Å². The van der Waals surface area contributed by atoms with Gasteiger partial charge in [-0.05, 0) is 0 Å². The highest BCUT2D eigenvalue weighted by molar-refractivity contribution is 7.95. The van der Waals surface area contributed by atoms with Crippen LogP contribution in [0.3, 0.4) is 0 Å². The molecular weight excluding hydrogens is 314 g/mol. The van der Waals surface area contributed by atoms with Crippen molar-refractivity contribution in [3.8, 4) is 0 Å². The van der Waals surface area contributed by atoms with Crippen LogP contribution in [0.15, 0.2) is 12.5 Å². The van der Waals surface area contributed by atoms with Crippen molar-refractivity contribution in [1.82, 2.24) is 15.3 Å². The Morgan fingerprint density at radius 2 is 2.00 bits per heavy atom. The molecule has 120 valence electrons. The van der Waals surface area contributed by atoms with E-state index in [1.54, 1.807) is 0 Å². The van der Waals surface area contributed by atoms with Crippen LogP contribution >= 0.6 is 12.0 Å². The number of carboxylic acids is 1. The molecule has 0 aliphatic carbocycles. The molecule has 3 N–H and O–H groups in total. The molecule has 0 aromatic carbocycles. The van der Waals surface area contributed by atoms with Crippen molar-refractivity contribution in [2.75, 3.05) is 5.75 Å². The minimum Gasteiger partial charge on any atom is -0.481 e. The molecule has 0 aliphatic heterocycles. The summed E-state index contributed by atoms with van der Waals surface area (Å²) in [6.07, 6.45) is 2.39. The number of aliphatic carboxylic acids is 1. The monoisotopic (exact) mass is 329 g/mol. The summed E-state index contributed by atoms with van der Waals surface area (Å²) < 4.78 is 4.67. The zero-order chi connectivity index (χ0) is 16.4. The molecule has 0 bridgehead atoms. The van der Waals surface area contributed by atoms with E-state index < -0.39 is 23.8 Å². The van der Waals surface area contributed by atoms with E-state index in [9.17, 15) is 19.2 Å². The second-order valence-electron chi connectivity index (χ2n) is 4.15. The van der Waals surface area contributed by atoms with Gasteiger partial charge in [0.2, 0.25) is 11.8 Å². The minimum atomic E-state index is -1.09. The molecule has 9 nitrogen and oxygen atoms in total. The number of carbonyl (C=O) groups is 4. The van der Waals surface area contributed by atoms with Crippen LogP contribution in [0.1, 0.15) is 25.0 Å². The number of H-pyrrole nitrogens is 1. The number of aromatic amines is 1. The van der Waals surface area contributed by atoms with Gasteiger partial charge in [0.05, 0.1) is 37.6 Å². The Morgan fingerprint density at radius 3 is 2.64 bits per heavy atom. The summed E-state index contributed by atoms with van der Waals surface area (Å²) in [5.74, 6) is -2.53. The van der Waals surface area contributed by atoms with Crippen molar-refractivity contribution < 1.29 is 28.5 Å². The van der Waals surface area contributed by atoms with E-state index >= 15 is 0 Å². The summed E-state index contributed by atoms with van der Waals surface area (Å²) in [5, 5.41) is 10.6. The van der Waals surface area contributed by atoms with Gasteiger partial charge in [0.15, 0.2) is 0 Å². The molecule has 0 unspecified atom stereocenters. The van der Waals surface area contributed by atoms with E-state index in [4.69, 9.17) is 5.11 Å². The highest BCUT2D eigenvalue weighted by Crippen LogP contribution is 2.07. The Hall–Kier alpha value is -2.36. The summed E-state index contributed by atoms with van der Waals surface area (Å²) in [5.41, 5.74) is 0.590. The number of nitrogens with one attached hydrogen (secondary N) is 2. The van der Waals surface area contributed by atoms with Crippen molar-refractivity contribution in [1.29, 1.82) is 0 Å². The average molecular weight is 329 g/mol. The van der Waals surface area contributed by atoms with Gasteiger partial charge < -0.3 is 14.3 Å². The van der Waals surface area contributed by atoms with Gasteiger partial charge in [0.1, 0.15) is 0 Å². The SMILES string of the molecule is O=C(O)CCC(=O)OSCCC(=O)NC(=O)Cc1cnc[nH]1. The second kappa shape index (κ2) is 9.55. The highest BCUT2D eigenvalue weighted by atomic mass is 32.2. The van der Waals surface area contributed by atoms with Crippen LogP contribution in [0.2, 0.25) is 0 Å². The topological polar surface area (TPSA) is 138 Å². The van der Waals surface area contributed by atoms with Crippen LogP contribution in [0.4, 0.5) is 0 Å². The number of nitrogens with zero attached hydrogens (tertiary/aromatic N) is 1. The van der Waals surface area contributed by atoms with Gasteiger partial charge in [-0.2, -0.15) is 0 Å². The molecule has 2 amide bonds. The second-order valence-corrected chi connectivity index (χ2v) is 4.96. The number of carbonyl (C=O) groups excluding carboxylic acids is 3. The largest absolute Gasteiger partial charge is 0.481 e. The lowest BCUT2D eigenvalue weighted by atomic mass is 10.3. The van der Waals surface area contributed by atoms with Crippen LogP contribution in [0.5, 0.6) is 0 Å². The third-order valence-corrected chi connectivity index (χ3v) is 2.97. The Balaban J connectivity index is 2.09. The predicted octanol–water partition coefficient (Wildman–Crippen LogP) is 0.0413. The van der Waals surface area contributed by atoms with E-state index in [1.165, 1.54) is 12.5 Å². The van der Waals surface area contributed by atoms with E-state index in [2.05, 4.69) is 19.5 Å². The molecule has 0 spiro atoms. The molecule has 0 radical (unpaired) electrons. The molecule has 0 fully saturated rings. The number of rotatable bonds is 9. The van der Waals surface area contributed by atoms with Crippen molar-refractivity contribution in [3.05, 3.63) is 18.2 Å². The van der Waals surface area contributed by atoms with Gasteiger partial charge in [-0.3, -0.25) is 24.5 Å². The van der Waals surface area contributed by atoms with Crippen molar-refractivity contribution in [2.45, 2.75) is 25.7 Å². The van der Waals surface area contributed by atoms with Crippen LogP contribution in [0.25, 0.3) is 0 Å². The molecule has 1 aromatic heterocycles. The van der Waals surface area contributed by atoms with Gasteiger partial charge in [0.25, 0.3) is 0 Å². The van der Waals surface area contributed by atoms with Crippen molar-refractivity contribution in [3.63, 3.8) is 0 Å². The van der Waals surface area contributed by atoms with Gasteiger partial charge in [0, 0.05) is 24.1 Å². The number of imidazole rings is 1. The molecule has 0 saturated heterocycles. The molecule has 1 aromatic rings. The standard InChI is InChI=1S/C12H15N3O6S/c16-9(15-10(17)5-8-6-13-7-14-8)3-4-22-21-12(20)2-1-11(18)19/h6-7H,1-5H2,(H,13,14)(H,18,19)(H,15,16,17). The van der Waals surface area contributed by atoms with Gasteiger partial charge in [-0.25, -0.2) is 4.98 Å². The zero-order valence-corrected chi connectivity index (χ0v) is 12.4. The predicted molar refractivity (Wildman–Crippen MR) is 75.5 cm³/mol. The first-order valence-electron chi connectivity index (χ1n) is 6.31. The fraction of sp³-hybridized carbons (Fsp3) is 0.417. The Morgan fingerprint density at radius 1 is 1.23 bits per heavy atom. The molecule has 1 heterocycles. The first-order chi connectivity index (χ1) is 10.5. The average Bonchev–Trinajstić information content (AvgIpc) is 2.94. The maximum atomic E-state index is 11.5. The van der Waals surface area contributed by atoms with E-state index in [-0.39, 0.29) is 31.4 Å². The molecule has 10 heteroatoms. The third-order valence-electron chi connectivity index (χ3n) is 2.29. The zero-order valence-electron chi connectivity index (χ0n) is 11.5. The lowest BCUT2D eigenvalue weighted by Gasteiger charge is -2.03. The number of hydrogen-bond donors (Lipinski definition) is 3. The number of imide groups is 1. The van der Waals surface area contributed by atoms with Crippen molar-refractivity contribution in [2.24, 2.45) is 0 Å². The Labute approximate surface area is 130 Å². The Kier molecular flexibility index (Phi) is 7.68. The summed E-state index contributed by atoms with van der Waals surface area (Å²) in [4.78, 5) is 50.7. The molecule has 1 rings (SSSR count). The summed E-state index contributed by atoms with van der Waals surface area (Å²) >= 11 is 0.743. The van der Waals surface area contributed by atoms with Crippen LogP contribution in [-0.2, 0) is 29.8 Å². The summed E-state index contributed by atoms with van der Waals surface area (Å²) in [7, 11) is 0. The first-order valence-corrected chi connectivity index (χ1v) is 7.22. The number of carboxylic acid groups (broad SMARTS) is 1. The molecule has 0 saturated carbocycles. The number of aromatic nitrogens is 2. The van der Waals surface area contributed by atoms with Crippen LogP contribution in [0, 0.1) is 0 Å². The first kappa shape index (κ1) is 17.7. The minimum absolute atomic E-state index is 0.00834. The lowest BCUT2D eigenvalue weighted by molar-refractivity contribution is -0.141. The van der Waals surface area contributed by atoms with E-state index in [1.807, 2.05) is 0 Å². The number of amides is 2. The number of hydrogen-bond acceptors (Lipinski definition) is 7. The Bertz CT molecular complexity index is 531. The fourth-order valence-corrected chi connectivity index (χ4v) is 1.88. The quantitative estimate of drug-likeness (QED) is 0.426. The maximum Gasteiger partial charge on any atom is 0.318 e. The van der Waals surface area contributed by atoms with Crippen LogP contribution < -0.4 is 5.32 Å². The van der Waals surface area contributed by atoms with Gasteiger partial charge >= 0.3 is 11.9 Å². The molecule has 0 aliphatic rings.